The van der Waals surface area contributed by atoms with Crippen molar-refractivity contribution in [2.24, 2.45) is 0 Å². The summed E-state index contributed by atoms with van der Waals surface area (Å²) in [6.07, 6.45) is 0.837. The van der Waals surface area contributed by atoms with Crippen molar-refractivity contribution < 1.29 is 22.3 Å². The van der Waals surface area contributed by atoms with Gasteiger partial charge in [-0.15, -0.1) is 0 Å². The molecule has 2 heterocycles. The molecule has 0 saturated carbocycles. The van der Waals surface area contributed by atoms with Crippen molar-refractivity contribution in [3.63, 3.8) is 0 Å². The zero-order valence-corrected chi connectivity index (χ0v) is 13.7. The summed E-state index contributed by atoms with van der Waals surface area (Å²) in [5.41, 5.74) is 0.398. The average Bonchev–Trinajstić information content (AvgIpc) is 2.93. The van der Waals surface area contributed by atoms with Gasteiger partial charge in [0.15, 0.2) is 0 Å². The Labute approximate surface area is 134 Å². The predicted octanol–water partition coefficient (Wildman–Crippen LogP) is 1.74. The Hall–Kier alpha value is -1.67. The van der Waals surface area contributed by atoms with E-state index >= 15 is 0 Å². The number of amides is 1. The summed E-state index contributed by atoms with van der Waals surface area (Å²) in [6.45, 7) is 3.23. The summed E-state index contributed by atoms with van der Waals surface area (Å²) in [4.78, 5) is 13.4. The molecule has 2 saturated heterocycles. The fraction of sp³-hybridized carbons (Fsp3) is 0.533. The molecule has 0 aromatic heterocycles. The Morgan fingerprint density at radius 1 is 1.22 bits per heavy atom. The van der Waals surface area contributed by atoms with Crippen LogP contribution in [0.1, 0.15) is 18.4 Å². The standard InChI is InChI=1S/C15H19FN2O4S/c1-11-10-12(16)2-3-14(11)23(20,21)17-6-4-13(5-7-17)18-8-9-22-15(18)19/h2-3,10,13H,4-9H2,1H3. The Bertz CT molecular complexity index is 714. The SMILES string of the molecule is Cc1cc(F)ccc1S(=O)(=O)N1CCC(N2CCOC2=O)CC1. The maximum atomic E-state index is 13.2. The molecule has 0 spiro atoms. The van der Waals surface area contributed by atoms with Crippen molar-refractivity contribution in [3.05, 3.63) is 29.6 Å². The van der Waals surface area contributed by atoms with E-state index in [-0.39, 0.29) is 17.0 Å². The van der Waals surface area contributed by atoms with Crippen LogP contribution < -0.4 is 0 Å². The lowest BCUT2D eigenvalue weighted by molar-refractivity contribution is 0.134. The Morgan fingerprint density at radius 2 is 1.91 bits per heavy atom. The van der Waals surface area contributed by atoms with Gasteiger partial charge in [-0.05, 0) is 43.5 Å². The number of aryl methyl sites for hydroxylation is 1. The Balaban J connectivity index is 1.72. The number of sulfonamides is 1. The lowest BCUT2D eigenvalue weighted by Gasteiger charge is -2.35. The van der Waals surface area contributed by atoms with Crippen molar-refractivity contribution in [2.45, 2.75) is 30.7 Å². The van der Waals surface area contributed by atoms with Crippen LogP contribution in [0.3, 0.4) is 0 Å². The van der Waals surface area contributed by atoms with Gasteiger partial charge in [0.05, 0.1) is 11.4 Å². The predicted molar refractivity (Wildman–Crippen MR) is 81.0 cm³/mol. The number of hydrogen-bond acceptors (Lipinski definition) is 4. The first kappa shape index (κ1) is 16.2. The molecule has 23 heavy (non-hydrogen) atoms. The summed E-state index contributed by atoms with van der Waals surface area (Å²) in [5.74, 6) is -0.451. The number of cyclic esters (lactones) is 1. The second-order valence-corrected chi connectivity index (χ2v) is 7.76. The molecular formula is C15H19FN2O4S. The normalized spacial score (nSPS) is 20.8. The van der Waals surface area contributed by atoms with Gasteiger partial charge in [0.2, 0.25) is 10.0 Å². The number of benzene rings is 1. The molecule has 0 unspecified atom stereocenters. The second-order valence-electron chi connectivity index (χ2n) is 5.85. The zero-order valence-electron chi connectivity index (χ0n) is 12.9. The highest BCUT2D eigenvalue weighted by molar-refractivity contribution is 7.89. The molecule has 2 fully saturated rings. The highest BCUT2D eigenvalue weighted by Crippen LogP contribution is 2.26. The minimum Gasteiger partial charge on any atom is -0.448 e. The Morgan fingerprint density at radius 3 is 2.48 bits per heavy atom. The largest absolute Gasteiger partial charge is 0.448 e. The molecular weight excluding hydrogens is 323 g/mol. The smallest absolute Gasteiger partial charge is 0.410 e. The van der Waals surface area contributed by atoms with Gasteiger partial charge in [-0.25, -0.2) is 17.6 Å². The molecule has 1 aromatic rings. The van der Waals surface area contributed by atoms with E-state index in [1.807, 2.05) is 0 Å². The third kappa shape index (κ3) is 3.05. The third-order valence-corrected chi connectivity index (χ3v) is 6.47. The van der Waals surface area contributed by atoms with Crippen LogP contribution in [0.2, 0.25) is 0 Å². The van der Waals surface area contributed by atoms with Crippen LogP contribution in [0.25, 0.3) is 0 Å². The molecule has 126 valence electrons. The monoisotopic (exact) mass is 342 g/mol. The molecule has 0 N–H and O–H groups in total. The van der Waals surface area contributed by atoms with Gasteiger partial charge in [-0.3, -0.25) is 0 Å². The maximum Gasteiger partial charge on any atom is 0.410 e. The molecule has 2 aliphatic heterocycles. The summed E-state index contributed by atoms with van der Waals surface area (Å²) < 4.78 is 44.9. The number of rotatable bonds is 3. The molecule has 8 heteroatoms. The van der Waals surface area contributed by atoms with E-state index < -0.39 is 15.8 Å². The number of carbonyl (C=O) groups excluding carboxylic acids is 1. The van der Waals surface area contributed by atoms with E-state index in [0.29, 0.717) is 44.6 Å². The van der Waals surface area contributed by atoms with Crippen LogP contribution in [0.15, 0.2) is 23.1 Å². The molecule has 2 aliphatic rings. The van der Waals surface area contributed by atoms with Crippen molar-refractivity contribution in [1.29, 1.82) is 0 Å². The van der Waals surface area contributed by atoms with Crippen LogP contribution in [-0.4, -0.2) is 56.0 Å². The van der Waals surface area contributed by atoms with Gasteiger partial charge >= 0.3 is 6.09 Å². The number of hydrogen-bond donors (Lipinski definition) is 0. The fourth-order valence-electron chi connectivity index (χ4n) is 3.17. The number of ether oxygens (including phenoxy) is 1. The van der Waals surface area contributed by atoms with E-state index in [1.54, 1.807) is 11.8 Å². The van der Waals surface area contributed by atoms with Crippen molar-refractivity contribution >= 4 is 16.1 Å². The number of carbonyl (C=O) groups is 1. The highest BCUT2D eigenvalue weighted by Gasteiger charge is 2.36. The lowest BCUT2D eigenvalue weighted by Crippen LogP contribution is -2.47. The van der Waals surface area contributed by atoms with Gasteiger partial charge < -0.3 is 9.64 Å². The Kier molecular flexibility index (Phi) is 4.29. The van der Waals surface area contributed by atoms with Crippen LogP contribution in [0.5, 0.6) is 0 Å². The summed E-state index contributed by atoms with van der Waals surface area (Å²) in [7, 11) is -3.64. The van der Waals surface area contributed by atoms with Crippen LogP contribution >= 0.6 is 0 Å². The van der Waals surface area contributed by atoms with Gasteiger partial charge in [0, 0.05) is 19.1 Å². The van der Waals surface area contributed by atoms with Crippen LogP contribution in [-0.2, 0) is 14.8 Å². The minimum atomic E-state index is -3.64. The summed E-state index contributed by atoms with van der Waals surface area (Å²) >= 11 is 0. The average molecular weight is 342 g/mol. The van der Waals surface area contributed by atoms with E-state index in [2.05, 4.69) is 0 Å². The molecule has 0 radical (unpaired) electrons. The van der Waals surface area contributed by atoms with E-state index in [9.17, 15) is 17.6 Å². The van der Waals surface area contributed by atoms with E-state index in [1.165, 1.54) is 16.4 Å². The molecule has 0 atom stereocenters. The molecule has 1 aromatic carbocycles. The van der Waals surface area contributed by atoms with Gasteiger partial charge in [-0.1, -0.05) is 0 Å². The lowest BCUT2D eigenvalue weighted by atomic mass is 10.1. The molecule has 3 rings (SSSR count). The van der Waals surface area contributed by atoms with Crippen LogP contribution in [0, 0.1) is 12.7 Å². The summed E-state index contributed by atoms with van der Waals surface area (Å²) in [6, 6.07) is 3.71. The molecule has 1 amide bonds. The summed E-state index contributed by atoms with van der Waals surface area (Å²) in [5, 5.41) is 0. The van der Waals surface area contributed by atoms with Crippen molar-refractivity contribution in [3.8, 4) is 0 Å². The third-order valence-electron chi connectivity index (χ3n) is 4.41. The highest BCUT2D eigenvalue weighted by atomic mass is 32.2. The first-order chi connectivity index (χ1) is 10.9. The van der Waals surface area contributed by atoms with Crippen molar-refractivity contribution in [2.75, 3.05) is 26.2 Å². The first-order valence-corrected chi connectivity index (χ1v) is 9.03. The quantitative estimate of drug-likeness (QED) is 0.839. The fourth-order valence-corrected chi connectivity index (χ4v) is 4.85. The van der Waals surface area contributed by atoms with Gasteiger partial charge in [0.25, 0.3) is 0 Å². The molecule has 0 aliphatic carbocycles. The number of piperidine rings is 1. The number of nitrogens with zero attached hydrogens (tertiary/aromatic N) is 2. The zero-order chi connectivity index (χ0) is 16.6. The topological polar surface area (TPSA) is 66.9 Å². The van der Waals surface area contributed by atoms with Crippen molar-refractivity contribution in [1.82, 2.24) is 9.21 Å². The van der Waals surface area contributed by atoms with Gasteiger partial charge in [-0.2, -0.15) is 4.31 Å². The maximum absolute atomic E-state index is 13.2. The number of halogens is 1. The molecule has 6 nitrogen and oxygen atoms in total. The van der Waals surface area contributed by atoms with Crippen LogP contribution in [0.4, 0.5) is 9.18 Å². The van der Waals surface area contributed by atoms with Gasteiger partial charge in [0.1, 0.15) is 12.4 Å². The van der Waals surface area contributed by atoms with E-state index in [0.717, 1.165) is 6.07 Å². The second kappa shape index (κ2) is 6.09. The van der Waals surface area contributed by atoms with E-state index in [4.69, 9.17) is 4.74 Å². The minimum absolute atomic E-state index is 0.0192. The first-order valence-electron chi connectivity index (χ1n) is 7.59. The molecule has 0 bridgehead atoms.